The van der Waals surface area contributed by atoms with Gasteiger partial charge in [0.15, 0.2) is 0 Å². The van der Waals surface area contributed by atoms with Crippen molar-refractivity contribution in [3.8, 4) is 27.8 Å². The summed E-state index contributed by atoms with van der Waals surface area (Å²) < 4.78 is 13.3. The zero-order valence-electron chi connectivity index (χ0n) is 18.8. The first-order chi connectivity index (χ1) is 17.1. The number of benzene rings is 2. The van der Waals surface area contributed by atoms with Crippen LogP contribution in [0.25, 0.3) is 22.0 Å². The summed E-state index contributed by atoms with van der Waals surface area (Å²) in [6.07, 6.45) is 4.08. The molecule has 176 valence electrons. The third-order valence-electron chi connectivity index (χ3n) is 5.43. The van der Waals surface area contributed by atoms with Crippen molar-refractivity contribution >= 4 is 17.3 Å². The van der Waals surface area contributed by atoms with Crippen LogP contribution < -0.4 is 4.74 Å². The van der Waals surface area contributed by atoms with Gasteiger partial charge in [-0.3, -0.25) is 9.48 Å². The van der Waals surface area contributed by atoms with Gasteiger partial charge in [0.1, 0.15) is 30.0 Å². The van der Waals surface area contributed by atoms with Crippen LogP contribution in [0, 0.1) is 0 Å². The lowest BCUT2D eigenvalue weighted by atomic mass is 10.1. The molecule has 5 rings (SSSR count). The first-order valence-electron chi connectivity index (χ1n) is 11.2. The highest BCUT2D eigenvalue weighted by atomic mass is 32.1. The van der Waals surface area contributed by atoms with Crippen LogP contribution in [0.5, 0.6) is 5.75 Å². The van der Waals surface area contributed by atoms with Crippen molar-refractivity contribution in [3.63, 3.8) is 0 Å². The van der Waals surface area contributed by atoms with Gasteiger partial charge in [-0.25, -0.2) is 4.98 Å². The van der Waals surface area contributed by atoms with Crippen LogP contribution in [0.3, 0.4) is 0 Å². The van der Waals surface area contributed by atoms with E-state index in [1.807, 2.05) is 83.0 Å². The summed E-state index contributed by atoms with van der Waals surface area (Å²) in [6, 6.07) is 21.6. The maximum Gasteiger partial charge on any atom is 0.303 e. The van der Waals surface area contributed by atoms with Crippen molar-refractivity contribution in [1.29, 1.82) is 0 Å². The number of hydrogen-bond acceptors (Lipinski definition) is 6. The van der Waals surface area contributed by atoms with Crippen molar-refractivity contribution in [3.05, 3.63) is 101 Å². The van der Waals surface area contributed by atoms with E-state index in [1.54, 1.807) is 17.6 Å². The average molecular weight is 486 g/mol. The Balaban J connectivity index is 1.22. The molecule has 0 spiro atoms. The molecular formula is C27H23N3O4S. The minimum Gasteiger partial charge on any atom is -0.487 e. The first-order valence-corrected chi connectivity index (χ1v) is 12.1. The lowest BCUT2D eigenvalue weighted by Gasteiger charge is -2.06. The molecule has 7 nitrogen and oxygen atoms in total. The molecule has 2 aromatic carbocycles. The predicted octanol–water partition coefficient (Wildman–Crippen LogP) is 5.91. The number of hydrogen-bond donors (Lipinski definition) is 1. The Morgan fingerprint density at radius 2 is 1.89 bits per heavy atom. The summed E-state index contributed by atoms with van der Waals surface area (Å²) in [4.78, 5) is 16.6. The number of carboxylic acid groups (broad SMARTS) is 1. The fourth-order valence-corrected chi connectivity index (χ4v) is 4.46. The van der Waals surface area contributed by atoms with Crippen LogP contribution in [0.15, 0.2) is 89.0 Å². The summed E-state index contributed by atoms with van der Waals surface area (Å²) in [6.45, 7) is 0.890. The molecule has 0 aliphatic carbocycles. The van der Waals surface area contributed by atoms with Crippen LogP contribution in [0.1, 0.15) is 23.2 Å². The Hall–Kier alpha value is -4.17. The monoisotopic (exact) mass is 485 g/mol. The van der Waals surface area contributed by atoms with E-state index >= 15 is 0 Å². The van der Waals surface area contributed by atoms with E-state index in [-0.39, 0.29) is 6.42 Å². The van der Waals surface area contributed by atoms with E-state index in [2.05, 4.69) is 4.98 Å². The Bertz CT molecular complexity index is 1390. The summed E-state index contributed by atoms with van der Waals surface area (Å²) in [5.41, 5.74) is 4.51. The van der Waals surface area contributed by atoms with Gasteiger partial charge in [-0.2, -0.15) is 5.10 Å². The molecule has 0 aliphatic rings. The minimum absolute atomic E-state index is 0.0778. The first kappa shape index (κ1) is 22.6. The number of carboxylic acids is 1. The highest BCUT2D eigenvalue weighted by molar-refractivity contribution is 7.13. The number of ether oxygens (including phenoxy) is 1. The second kappa shape index (κ2) is 10.4. The molecule has 8 heteroatoms. The molecule has 3 aromatic heterocycles. The smallest absolute Gasteiger partial charge is 0.303 e. The fraction of sp³-hybridized carbons (Fsp3) is 0.148. The van der Waals surface area contributed by atoms with Crippen molar-refractivity contribution < 1.29 is 19.1 Å². The van der Waals surface area contributed by atoms with Crippen molar-refractivity contribution in [2.24, 2.45) is 0 Å². The second-order valence-corrected chi connectivity index (χ2v) is 8.96. The molecule has 3 heterocycles. The Labute approximate surface area is 206 Å². The van der Waals surface area contributed by atoms with Gasteiger partial charge in [0, 0.05) is 18.2 Å². The molecule has 1 N–H and O–H groups in total. The summed E-state index contributed by atoms with van der Waals surface area (Å²) in [5.74, 6) is 0.496. The Morgan fingerprint density at radius 1 is 1.06 bits per heavy atom. The van der Waals surface area contributed by atoms with Gasteiger partial charge >= 0.3 is 5.97 Å². The lowest BCUT2D eigenvalue weighted by molar-refractivity contribution is -0.136. The molecule has 0 amide bonds. The maximum atomic E-state index is 11.1. The van der Waals surface area contributed by atoms with E-state index in [9.17, 15) is 4.79 Å². The van der Waals surface area contributed by atoms with E-state index in [0.29, 0.717) is 25.5 Å². The molecule has 5 aromatic rings. The normalized spacial score (nSPS) is 11.0. The van der Waals surface area contributed by atoms with Crippen LogP contribution in [0.4, 0.5) is 0 Å². The van der Waals surface area contributed by atoms with Crippen LogP contribution in [-0.4, -0.2) is 25.8 Å². The van der Waals surface area contributed by atoms with Gasteiger partial charge in [0.05, 0.1) is 11.4 Å². The summed E-state index contributed by atoms with van der Waals surface area (Å²) >= 11 is 1.60. The highest BCUT2D eigenvalue weighted by Gasteiger charge is 2.14. The summed E-state index contributed by atoms with van der Waals surface area (Å²) in [7, 11) is 0. The number of aromatic nitrogens is 3. The maximum absolute atomic E-state index is 11.1. The topological polar surface area (TPSA) is 90.4 Å². The highest BCUT2D eigenvalue weighted by Crippen LogP contribution is 2.28. The van der Waals surface area contributed by atoms with E-state index in [1.165, 1.54) is 0 Å². The molecule has 0 bridgehead atoms. The quantitative estimate of drug-likeness (QED) is 0.264. The van der Waals surface area contributed by atoms with Gasteiger partial charge < -0.3 is 14.3 Å². The summed E-state index contributed by atoms with van der Waals surface area (Å²) in [5, 5.41) is 15.8. The predicted molar refractivity (Wildman–Crippen MR) is 133 cm³/mol. The SMILES string of the molecule is O=C(O)CCc1cn(Cc2ccc(OCc3coc(-c4ccccc4)n3)cc2)nc1-c1cccs1. The van der Waals surface area contributed by atoms with Crippen molar-refractivity contribution in [2.45, 2.75) is 26.0 Å². The average Bonchev–Trinajstić information content (AvgIpc) is 3.64. The Morgan fingerprint density at radius 3 is 2.63 bits per heavy atom. The molecular weight excluding hydrogens is 462 g/mol. The van der Waals surface area contributed by atoms with Gasteiger partial charge in [-0.15, -0.1) is 11.3 Å². The molecule has 0 fully saturated rings. The van der Waals surface area contributed by atoms with E-state index in [4.69, 9.17) is 19.4 Å². The molecule has 0 saturated heterocycles. The fourth-order valence-electron chi connectivity index (χ4n) is 3.71. The van der Waals surface area contributed by atoms with Crippen molar-refractivity contribution in [2.75, 3.05) is 0 Å². The minimum atomic E-state index is -0.813. The standard InChI is InChI=1S/C27H23N3O4S/c31-25(32)13-10-21-16-30(29-26(21)24-7-4-14-35-24)15-19-8-11-23(12-9-19)33-17-22-18-34-27(28-22)20-5-2-1-3-6-20/h1-9,11-12,14,16,18H,10,13,15,17H2,(H,31,32). The number of aliphatic carboxylic acids is 1. The van der Waals surface area contributed by atoms with E-state index in [0.717, 1.165) is 38.7 Å². The number of oxazole rings is 1. The number of aryl methyl sites for hydroxylation is 1. The third kappa shape index (κ3) is 5.67. The van der Waals surface area contributed by atoms with Crippen LogP contribution in [0.2, 0.25) is 0 Å². The van der Waals surface area contributed by atoms with Gasteiger partial charge in [-0.05, 0) is 53.3 Å². The van der Waals surface area contributed by atoms with Gasteiger partial charge in [0.2, 0.25) is 5.89 Å². The zero-order valence-corrected chi connectivity index (χ0v) is 19.6. The molecule has 35 heavy (non-hydrogen) atoms. The molecule has 0 atom stereocenters. The molecule has 0 aliphatic heterocycles. The zero-order chi connectivity index (χ0) is 24.0. The largest absolute Gasteiger partial charge is 0.487 e. The number of thiophene rings is 1. The number of nitrogens with zero attached hydrogens (tertiary/aromatic N) is 3. The van der Waals surface area contributed by atoms with Crippen molar-refractivity contribution in [1.82, 2.24) is 14.8 Å². The van der Waals surface area contributed by atoms with E-state index < -0.39 is 5.97 Å². The third-order valence-corrected chi connectivity index (χ3v) is 6.30. The van der Waals surface area contributed by atoms with Gasteiger partial charge in [-0.1, -0.05) is 36.4 Å². The molecule has 0 radical (unpaired) electrons. The lowest BCUT2D eigenvalue weighted by Crippen LogP contribution is -2.01. The molecule has 0 saturated carbocycles. The van der Waals surface area contributed by atoms with Crippen LogP contribution in [-0.2, 0) is 24.4 Å². The number of rotatable bonds is 10. The van der Waals surface area contributed by atoms with Gasteiger partial charge in [0.25, 0.3) is 0 Å². The Kier molecular flexibility index (Phi) is 6.72. The number of carbonyl (C=O) groups is 1. The molecule has 0 unspecified atom stereocenters. The van der Waals surface area contributed by atoms with Crippen LogP contribution >= 0.6 is 11.3 Å². The second-order valence-electron chi connectivity index (χ2n) is 8.01.